The third-order valence-electron chi connectivity index (χ3n) is 2.55. The first-order chi connectivity index (χ1) is 9.02. The summed E-state index contributed by atoms with van der Waals surface area (Å²) in [5, 5.41) is 10.8. The number of aromatic nitrogens is 2. The first-order valence-corrected chi connectivity index (χ1v) is 5.23. The highest BCUT2D eigenvalue weighted by Crippen LogP contribution is 2.16. The Labute approximate surface area is 106 Å². The Kier molecular flexibility index (Phi) is 3.23. The van der Waals surface area contributed by atoms with E-state index in [1.54, 1.807) is 0 Å². The van der Waals surface area contributed by atoms with Crippen molar-refractivity contribution in [3.63, 3.8) is 0 Å². The van der Waals surface area contributed by atoms with Crippen LogP contribution >= 0.6 is 0 Å². The van der Waals surface area contributed by atoms with Gasteiger partial charge in [0, 0.05) is 12.1 Å². The first-order valence-electron chi connectivity index (χ1n) is 5.23. The number of rotatable bonds is 3. The molecule has 2 aromatic rings. The van der Waals surface area contributed by atoms with Crippen LogP contribution in [0.2, 0.25) is 0 Å². The number of benzene rings is 1. The van der Waals surface area contributed by atoms with Gasteiger partial charge in [-0.15, -0.1) is 0 Å². The Morgan fingerprint density at radius 3 is 2.89 bits per heavy atom. The number of nitrogens with zero attached hydrogens (tertiary/aromatic N) is 3. The maximum absolute atomic E-state index is 12.0. The second-order valence-corrected chi connectivity index (χ2v) is 3.71. The summed E-state index contributed by atoms with van der Waals surface area (Å²) >= 11 is 0. The van der Waals surface area contributed by atoms with Gasteiger partial charge in [-0.1, -0.05) is 0 Å². The molecule has 19 heavy (non-hydrogen) atoms. The molecular formula is C11H9N3O5. The van der Waals surface area contributed by atoms with E-state index in [9.17, 15) is 19.7 Å². The van der Waals surface area contributed by atoms with Crippen molar-refractivity contribution >= 4 is 22.6 Å². The molecule has 0 N–H and O–H groups in total. The Balaban J connectivity index is 2.59. The van der Waals surface area contributed by atoms with E-state index in [1.807, 2.05) is 0 Å². The molecule has 0 radical (unpaired) electrons. The van der Waals surface area contributed by atoms with Crippen molar-refractivity contribution in [3.8, 4) is 0 Å². The highest BCUT2D eigenvalue weighted by atomic mass is 16.6. The molecule has 0 bridgehead atoms. The van der Waals surface area contributed by atoms with E-state index < -0.39 is 16.5 Å². The number of methoxy groups -OCH3 is 1. The third-order valence-corrected chi connectivity index (χ3v) is 2.55. The van der Waals surface area contributed by atoms with Crippen molar-refractivity contribution in [2.24, 2.45) is 0 Å². The van der Waals surface area contributed by atoms with E-state index in [0.29, 0.717) is 5.52 Å². The average molecular weight is 263 g/mol. The normalized spacial score (nSPS) is 10.4. The number of hydrogen-bond donors (Lipinski definition) is 0. The number of nitro groups is 1. The lowest BCUT2D eigenvalue weighted by Crippen LogP contribution is -2.25. The van der Waals surface area contributed by atoms with Gasteiger partial charge in [-0.3, -0.25) is 24.3 Å². The minimum atomic E-state index is -0.603. The minimum absolute atomic E-state index is 0.0839. The fourth-order valence-electron chi connectivity index (χ4n) is 1.58. The van der Waals surface area contributed by atoms with E-state index in [4.69, 9.17) is 0 Å². The molecule has 0 amide bonds. The van der Waals surface area contributed by atoms with Crippen LogP contribution in [0.1, 0.15) is 0 Å². The average Bonchev–Trinajstić information content (AvgIpc) is 2.41. The highest BCUT2D eigenvalue weighted by Gasteiger charge is 2.12. The van der Waals surface area contributed by atoms with E-state index >= 15 is 0 Å². The van der Waals surface area contributed by atoms with Crippen LogP contribution in [0.5, 0.6) is 0 Å². The monoisotopic (exact) mass is 263 g/mol. The molecule has 0 fully saturated rings. The topological polar surface area (TPSA) is 104 Å². The zero-order valence-corrected chi connectivity index (χ0v) is 9.90. The lowest BCUT2D eigenvalue weighted by atomic mass is 10.2. The van der Waals surface area contributed by atoms with Gasteiger partial charge in [0.1, 0.15) is 6.54 Å². The number of esters is 1. The molecule has 1 aromatic heterocycles. The van der Waals surface area contributed by atoms with Gasteiger partial charge in [0.2, 0.25) is 0 Å². The lowest BCUT2D eigenvalue weighted by Gasteiger charge is -2.04. The lowest BCUT2D eigenvalue weighted by molar-refractivity contribution is -0.384. The molecule has 0 saturated heterocycles. The molecule has 0 spiro atoms. The maximum atomic E-state index is 12.0. The van der Waals surface area contributed by atoms with Crippen LogP contribution < -0.4 is 5.56 Å². The van der Waals surface area contributed by atoms with Crippen molar-refractivity contribution in [1.29, 1.82) is 0 Å². The molecule has 0 aliphatic rings. The van der Waals surface area contributed by atoms with Gasteiger partial charge in [-0.25, -0.2) is 4.98 Å². The van der Waals surface area contributed by atoms with Gasteiger partial charge in [-0.2, -0.15) is 0 Å². The summed E-state index contributed by atoms with van der Waals surface area (Å²) in [5.41, 5.74) is -0.405. The van der Waals surface area contributed by atoms with Crippen LogP contribution in [-0.4, -0.2) is 27.6 Å². The fraction of sp³-hybridized carbons (Fsp3) is 0.182. The molecule has 0 aliphatic heterocycles. The van der Waals surface area contributed by atoms with Crippen molar-refractivity contribution in [2.75, 3.05) is 7.11 Å². The zero-order valence-electron chi connectivity index (χ0n) is 9.90. The molecule has 98 valence electrons. The molecule has 8 nitrogen and oxygen atoms in total. The maximum Gasteiger partial charge on any atom is 0.325 e. The number of ether oxygens (including phenoxy) is 1. The quantitative estimate of drug-likeness (QED) is 0.453. The third kappa shape index (κ3) is 2.41. The number of hydrogen-bond acceptors (Lipinski definition) is 6. The summed E-state index contributed by atoms with van der Waals surface area (Å²) in [6, 6.07) is 3.79. The molecule has 0 unspecified atom stereocenters. The number of non-ortho nitro benzene ring substituents is 1. The van der Waals surface area contributed by atoms with Crippen molar-refractivity contribution in [2.45, 2.75) is 6.54 Å². The second kappa shape index (κ2) is 4.84. The summed E-state index contributed by atoms with van der Waals surface area (Å²) in [6.45, 7) is -0.291. The smallest absolute Gasteiger partial charge is 0.325 e. The Morgan fingerprint density at radius 1 is 1.53 bits per heavy atom. The number of carbonyl (C=O) groups is 1. The molecule has 0 saturated carbocycles. The Hall–Kier alpha value is -2.77. The number of nitro benzene ring substituents is 1. The van der Waals surface area contributed by atoms with E-state index in [1.165, 1.54) is 25.6 Å². The van der Waals surface area contributed by atoms with E-state index in [0.717, 1.165) is 10.6 Å². The fourth-order valence-corrected chi connectivity index (χ4v) is 1.58. The second-order valence-electron chi connectivity index (χ2n) is 3.71. The van der Waals surface area contributed by atoms with Crippen molar-refractivity contribution in [3.05, 3.63) is 45.0 Å². The summed E-state index contributed by atoms with van der Waals surface area (Å²) in [4.78, 5) is 37.2. The first kappa shape index (κ1) is 12.7. The van der Waals surface area contributed by atoms with Gasteiger partial charge in [0.25, 0.3) is 11.2 Å². The van der Waals surface area contributed by atoms with E-state index in [2.05, 4.69) is 9.72 Å². The SMILES string of the molecule is COC(=O)Cn1cnc2ccc([N+](=O)[O-])cc2c1=O. The van der Waals surface area contributed by atoms with Crippen molar-refractivity contribution in [1.82, 2.24) is 9.55 Å². The standard InChI is InChI=1S/C11H9N3O5/c1-19-10(15)5-13-6-12-9-3-2-7(14(17)18)4-8(9)11(13)16/h2-4,6H,5H2,1H3. The zero-order chi connectivity index (χ0) is 14.0. The Bertz CT molecular complexity index is 722. The highest BCUT2D eigenvalue weighted by molar-refractivity contribution is 5.80. The predicted molar refractivity (Wildman–Crippen MR) is 64.7 cm³/mol. The number of fused-ring (bicyclic) bond motifs is 1. The van der Waals surface area contributed by atoms with Crippen LogP contribution in [0, 0.1) is 10.1 Å². The van der Waals surface area contributed by atoms with Gasteiger partial charge in [0.05, 0.1) is 29.3 Å². The Morgan fingerprint density at radius 2 is 2.26 bits per heavy atom. The number of carbonyl (C=O) groups excluding carboxylic acids is 1. The molecule has 1 heterocycles. The van der Waals surface area contributed by atoms with Crippen LogP contribution in [0.4, 0.5) is 5.69 Å². The van der Waals surface area contributed by atoms with Gasteiger partial charge in [0.15, 0.2) is 0 Å². The van der Waals surface area contributed by atoms with Crippen LogP contribution in [-0.2, 0) is 16.1 Å². The molecule has 0 aliphatic carbocycles. The van der Waals surface area contributed by atoms with Crippen LogP contribution in [0.25, 0.3) is 10.9 Å². The van der Waals surface area contributed by atoms with Gasteiger partial charge in [-0.05, 0) is 6.07 Å². The molecule has 0 atom stereocenters. The van der Waals surface area contributed by atoms with E-state index in [-0.39, 0.29) is 17.6 Å². The molecule has 1 aromatic carbocycles. The summed E-state index contributed by atoms with van der Waals surface area (Å²) in [5.74, 6) is -0.603. The van der Waals surface area contributed by atoms with Gasteiger partial charge >= 0.3 is 5.97 Å². The molecule has 2 rings (SSSR count). The largest absolute Gasteiger partial charge is 0.468 e. The molecule has 8 heteroatoms. The summed E-state index contributed by atoms with van der Waals surface area (Å²) in [6.07, 6.45) is 1.20. The van der Waals surface area contributed by atoms with Gasteiger partial charge < -0.3 is 4.74 Å². The van der Waals surface area contributed by atoms with Crippen LogP contribution in [0.15, 0.2) is 29.3 Å². The minimum Gasteiger partial charge on any atom is -0.468 e. The molecular weight excluding hydrogens is 254 g/mol. The summed E-state index contributed by atoms with van der Waals surface area (Å²) in [7, 11) is 1.20. The summed E-state index contributed by atoms with van der Waals surface area (Å²) < 4.78 is 5.49. The van der Waals surface area contributed by atoms with Crippen LogP contribution in [0.3, 0.4) is 0 Å². The van der Waals surface area contributed by atoms with Crippen molar-refractivity contribution < 1.29 is 14.5 Å². The predicted octanol–water partition coefficient (Wildman–Crippen LogP) is 0.478.